The highest BCUT2D eigenvalue weighted by atomic mass is 79.9. The molecule has 6 nitrogen and oxygen atoms in total. The highest BCUT2D eigenvalue weighted by molar-refractivity contribution is 9.10. The van der Waals surface area contributed by atoms with Gasteiger partial charge in [0.25, 0.3) is 0 Å². The number of nitrogens with zero attached hydrogens (tertiary/aromatic N) is 4. The molecular formula is C16H11BrN6. The quantitative estimate of drug-likeness (QED) is 0.725. The van der Waals surface area contributed by atoms with Crippen molar-refractivity contribution < 1.29 is 0 Å². The van der Waals surface area contributed by atoms with E-state index in [1.807, 2.05) is 24.3 Å². The van der Waals surface area contributed by atoms with Crippen molar-refractivity contribution in [1.82, 2.24) is 15.2 Å². The Labute approximate surface area is 141 Å². The molecule has 7 heteroatoms. The van der Waals surface area contributed by atoms with Gasteiger partial charge >= 0.3 is 0 Å². The summed E-state index contributed by atoms with van der Waals surface area (Å²) in [6.45, 7) is 0. The highest BCUT2D eigenvalue weighted by Crippen LogP contribution is 2.19. The number of nitriles is 1. The van der Waals surface area contributed by atoms with E-state index < -0.39 is 0 Å². The van der Waals surface area contributed by atoms with Crippen LogP contribution in [0.5, 0.6) is 0 Å². The largest absolute Gasteiger partial charge is 0.339 e. The number of halogens is 1. The average molecular weight is 367 g/mol. The molecule has 0 aliphatic heterocycles. The molecule has 0 atom stereocenters. The normalized spacial score (nSPS) is 9.91. The van der Waals surface area contributed by atoms with E-state index in [9.17, 15) is 0 Å². The van der Waals surface area contributed by atoms with Crippen LogP contribution in [0.1, 0.15) is 5.56 Å². The van der Waals surface area contributed by atoms with Gasteiger partial charge < -0.3 is 10.6 Å². The van der Waals surface area contributed by atoms with Crippen molar-refractivity contribution >= 4 is 39.1 Å². The fraction of sp³-hybridized carbons (Fsp3) is 0. The third kappa shape index (κ3) is 4.02. The molecule has 1 aromatic heterocycles. The van der Waals surface area contributed by atoms with Crippen molar-refractivity contribution in [2.45, 2.75) is 0 Å². The zero-order valence-electron chi connectivity index (χ0n) is 11.9. The molecule has 0 saturated heterocycles. The second-order valence-corrected chi connectivity index (χ2v) is 5.53. The Balaban J connectivity index is 1.74. The summed E-state index contributed by atoms with van der Waals surface area (Å²) in [7, 11) is 0. The number of hydrogen-bond donors (Lipinski definition) is 2. The average Bonchev–Trinajstić information content (AvgIpc) is 2.58. The lowest BCUT2D eigenvalue weighted by atomic mass is 10.2. The lowest BCUT2D eigenvalue weighted by Crippen LogP contribution is -2.02. The Morgan fingerprint density at radius 3 is 2.26 bits per heavy atom. The Hall–Kier alpha value is -2.98. The number of benzene rings is 2. The number of rotatable bonds is 4. The standard InChI is InChI=1S/C16H11BrN6/c17-12-3-7-13(8-4-12)20-15-10-19-23-16(22-15)21-14-5-1-11(9-18)2-6-14/h1-8,10H,(H2,20,21,22,23). The molecule has 112 valence electrons. The summed E-state index contributed by atoms with van der Waals surface area (Å²) >= 11 is 3.39. The van der Waals surface area contributed by atoms with Gasteiger partial charge in [-0.3, -0.25) is 0 Å². The maximum Gasteiger partial charge on any atom is 0.249 e. The van der Waals surface area contributed by atoms with Gasteiger partial charge in [0.15, 0.2) is 5.82 Å². The molecule has 0 aliphatic carbocycles. The predicted molar refractivity (Wildman–Crippen MR) is 91.7 cm³/mol. The minimum Gasteiger partial charge on any atom is -0.339 e. The third-order valence-corrected chi connectivity index (χ3v) is 3.47. The fourth-order valence-electron chi connectivity index (χ4n) is 1.86. The minimum atomic E-state index is 0.372. The van der Waals surface area contributed by atoms with Crippen molar-refractivity contribution in [2.24, 2.45) is 0 Å². The molecule has 0 fully saturated rings. The summed E-state index contributed by atoms with van der Waals surface area (Å²) in [4.78, 5) is 4.36. The first kappa shape index (κ1) is 14.9. The van der Waals surface area contributed by atoms with Crippen molar-refractivity contribution in [2.75, 3.05) is 10.6 Å². The van der Waals surface area contributed by atoms with Crippen LogP contribution in [0.2, 0.25) is 0 Å². The molecule has 0 saturated carbocycles. The van der Waals surface area contributed by atoms with Gasteiger partial charge in [-0.1, -0.05) is 15.9 Å². The summed E-state index contributed by atoms with van der Waals surface area (Å²) in [6.07, 6.45) is 1.55. The number of anilines is 4. The van der Waals surface area contributed by atoms with E-state index in [1.165, 1.54) is 0 Å². The van der Waals surface area contributed by atoms with E-state index in [4.69, 9.17) is 5.26 Å². The van der Waals surface area contributed by atoms with E-state index in [-0.39, 0.29) is 0 Å². The maximum atomic E-state index is 8.80. The van der Waals surface area contributed by atoms with Crippen LogP contribution in [-0.2, 0) is 0 Å². The van der Waals surface area contributed by atoms with Crippen LogP contribution in [-0.4, -0.2) is 15.2 Å². The lowest BCUT2D eigenvalue weighted by molar-refractivity contribution is 0.982. The van der Waals surface area contributed by atoms with Gasteiger partial charge in [-0.05, 0) is 48.5 Å². The van der Waals surface area contributed by atoms with Crippen molar-refractivity contribution in [1.29, 1.82) is 5.26 Å². The van der Waals surface area contributed by atoms with E-state index in [0.717, 1.165) is 15.8 Å². The molecule has 0 amide bonds. The summed E-state index contributed by atoms with van der Waals surface area (Å²) in [5.41, 5.74) is 2.28. The van der Waals surface area contributed by atoms with Crippen molar-refractivity contribution in [3.63, 3.8) is 0 Å². The summed E-state index contributed by atoms with van der Waals surface area (Å²) in [6, 6.07) is 16.8. The van der Waals surface area contributed by atoms with Crippen LogP contribution in [0.4, 0.5) is 23.1 Å². The molecular weight excluding hydrogens is 356 g/mol. The van der Waals surface area contributed by atoms with Gasteiger partial charge in [0, 0.05) is 15.8 Å². The third-order valence-electron chi connectivity index (χ3n) is 2.95. The Kier molecular flexibility index (Phi) is 4.45. The molecule has 0 unspecified atom stereocenters. The van der Waals surface area contributed by atoms with Gasteiger partial charge in [0.1, 0.15) is 0 Å². The monoisotopic (exact) mass is 366 g/mol. The van der Waals surface area contributed by atoms with Crippen LogP contribution < -0.4 is 10.6 Å². The van der Waals surface area contributed by atoms with Crippen LogP contribution in [0.15, 0.2) is 59.2 Å². The predicted octanol–water partition coefficient (Wildman–Crippen LogP) is 3.99. The highest BCUT2D eigenvalue weighted by Gasteiger charge is 2.02. The fourth-order valence-corrected chi connectivity index (χ4v) is 2.12. The van der Waals surface area contributed by atoms with E-state index >= 15 is 0 Å². The van der Waals surface area contributed by atoms with E-state index in [1.54, 1.807) is 30.5 Å². The zero-order valence-corrected chi connectivity index (χ0v) is 13.4. The molecule has 2 N–H and O–H groups in total. The van der Waals surface area contributed by atoms with Gasteiger partial charge in [0.2, 0.25) is 5.95 Å². The molecule has 23 heavy (non-hydrogen) atoms. The first-order valence-electron chi connectivity index (χ1n) is 6.72. The smallest absolute Gasteiger partial charge is 0.249 e. The molecule has 3 aromatic rings. The molecule has 0 aliphatic rings. The molecule has 1 heterocycles. The number of aromatic nitrogens is 3. The summed E-state index contributed by atoms with van der Waals surface area (Å²) < 4.78 is 1.01. The van der Waals surface area contributed by atoms with Crippen molar-refractivity contribution in [3.8, 4) is 6.07 Å². The van der Waals surface area contributed by atoms with Crippen molar-refractivity contribution in [3.05, 3.63) is 64.8 Å². The number of hydrogen-bond acceptors (Lipinski definition) is 6. The van der Waals surface area contributed by atoms with Crippen LogP contribution >= 0.6 is 15.9 Å². The van der Waals surface area contributed by atoms with E-state index in [0.29, 0.717) is 17.3 Å². The summed E-state index contributed by atoms with van der Waals surface area (Å²) in [5, 5.41) is 22.9. The molecule has 0 bridgehead atoms. The van der Waals surface area contributed by atoms with Gasteiger partial charge in [-0.25, -0.2) is 0 Å². The Bertz CT molecular complexity index is 840. The first-order valence-corrected chi connectivity index (χ1v) is 7.52. The second kappa shape index (κ2) is 6.85. The van der Waals surface area contributed by atoms with Gasteiger partial charge in [-0.2, -0.15) is 15.3 Å². The topological polar surface area (TPSA) is 86.5 Å². The Morgan fingerprint density at radius 1 is 0.913 bits per heavy atom. The maximum absolute atomic E-state index is 8.80. The SMILES string of the molecule is N#Cc1ccc(Nc2nncc(Nc3ccc(Br)cc3)n2)cc1. The lowest BCUT2D eigenvalue weighted by Gasteiger charge is -2.07. The van der Waals surface area contributed by atoms with E-state index in [2.05, 4.69) is 47.8 Å². The molecule has 3 rings (SSSR count). The number of nitrogens with one attached hydrogen (secondary N) is 2. The first-order chi connectivity index (χ1) is 11.2. The van der Waals surface area contributed by atoms with Crippen LogP contribution in [0.25, 0.3) is 0 Å². The molecule has 0 spiro atoms. The molecule has 0 radical (unpaired) electrons. The van der Waals surface area contributed by atoms with Gasteiger partial charge in [-0.15, -0.1) is 5.10 Å². The Morgan fingerprint density at radius 2 is 1.57 bits per heavy atom. The zero-order chi connectivity index (χ0) is 16.1. The second-order valence-electron chi connectivity index (χ2n) is 4.61. The summed E-state index contributed by atoms with van der Waals surface area (Å²) in [5.74, 6) is 0.954. The van der Waals surface area contributed by atoms with Crippen LogP contribution in [0, 0.1) is 11.3 Å². The minimum absolute atomic E-state index is 0.372. The van der Waals surface area contributed by atoms with Crippen LogP contribution in [0.3, 0.4) is 0 Å². The van der Waals surface area contributed by atoms with Gasteiger partial charge in [0.05, 0.1) is 17.8 Å². The molecule has 2 aromatic carbocycles.